The van der Waals surface area contributed by atoms with E-state index in [1.54, 1.807) is 0 Å². The molecule has 2 aliphatic heterocycles. The molecule has 0 saturated carbocycles. The second-order valence-electron chi connectivity index (χ2n) is 6.96. The molecule has 2 aliphatic rings. The van der Waals surface area contributed by atoms with Crippen LogP contribution in [0.15, 0.2) is 18.3 Å². The van der Waals surface area contributed by atoms with Gasteiger partial charge >= 0.3 is 0 Å². The zero-order chi connectivity index (χ0) is 19.6. The minimum atomic E-state index is -0.782. The summed E-state index contributed by atoms with van der Waals surface area (Å²) in [5, 5.41) is 37.1. The van der Waals surface area contributed by atoms with Crippen molar-refractivity contribution in [1.29, 1.82) is 16.2 Å². The zero-order valence-electron chi connectivity index (χ0n) is 14.8. The van der Waals surface area contributed by atoms with Crippen LogP contribution in [0.1, 0.15) is 24.0 Å². The van der Waals surface area contributed by atoms with Crippen LogP contribution in [0.5, 0.6) is 5.75 Å². The van der Waals surface area contributed by atoms with Gasteiger partial charge in [-0.05, 0) is 55.4 Å². The van der Waals surface area contributed by atoms with Gasteiger partial charge < -0.3 is 26.5 Å². The van der Waals surface area contributed by atoms with Crippen molar-refractivity contribution in [1.82, 2.24) is 10.2 Å². The molecule has 3 rings (SSSR count). The molecule has 0 amide bonds. The number of aromatic hydroxyl groups is 1. The Balaban J connectivity index is 1.68. The normalized spacial score (nSPS) is 18.9. The van der Waals surface area contributed by atoms with Gasteiger partial charge in [0.2, 0.25) is 0 Å². The number of phenolic OH excluding ortho intramolecular Hbond substituents is 1. The third-order valence-corrected chi connectivity index (χ3v) is 6.03. The van der Waals surface area contributed by atoms with Crippen LogP contribution in [-0.4, -0.2) is 52.6 Å². The lowest BCUT2D eigenvalue weighted by Gasteiger charge is -2.53. The van der Waals surface area contributed by atoms with Crippen molar-refractivity contribution >= 4 is 33.8 Å². The van der Waals surface area contributed by atoms with E-state index in [2.05, 4.69) is 5.32 Å². The lowest BCUT2D eigenvalue weighted by Crippen LogP contribution is -2.61. The van der Waals surface area contributed by atoms with E-state index in [0.29, 0.717) is 0 Å². The van der Waals surface area contributed by atoms with Crippen molar-refractivity contribution < 1.29 is 9.50 Å². The van der Waals surface area contributed by atoms with Crippen LogP contribution < -0.4 is 11.1 Å². The maximum atomic E-state index is 14.5. The Morgan fingerprint density at radius 2 is 1.96 bits per heavy atom. The van der Waals surface area contributed by atoms with Gasteiger partial charge in [-0.3, -0.25) is 10.8 Å². The lowest BCUT2D eigenvalue weighted by atomic mass is 9.73. The Bertz CT molecular complexity index is 787. The number of amidine groups is 1. The summed E-state index contributed by atoms with van der Waals surface area (Å²) in [6.45, 7) is 3.55. The Morgan fingerprint density at radius 3 is 2.52 bits per heavy atom. The van der Waals surface area contributed by atoms with Crippen molar-refractivity contribution in [2.45, 2.75) is 12.8 Å². The van der Waals surface area contributed by atoms with Crippen LogP contribution in [0.25, 0.3) is 5.57 Å². The molecule has 2 fully saturated rings. The van der Waals surface area contributed by atoms with E-state index in [0.717, 1.165) is 69.3 Å². The minimum absolute atomic E-state index is 0.189. The van der Waals surface area contributed by atoms with Gasteiger partial charge in [-0.25, -0.2) is 4.39 Å². The molecule has 0 bridgehead atoms. The predicted octanol–water partition coefficient (Wildman–Crippen LogP) is 2.16. The minimum Gasteiger partial charge on any atom is -0.507 e. The first-order valence-corrected chi connectivity index (χ1v) is 9.47. The number of phenols is 1. The van der Waals surface area contributed by atoms with Gasteiger partial charge in [-0.15, -0.1) is 0 Å². The number of hydrogen-bond acceptors (Lipinski definition) is 7. The summed E-state index contributed by atoms with van der Waals surface area (Å²) in [7, 11) is 0. The molecular weight excluding hydrogens is 367 g/mol. The molecule has 2 heterocycles. The molecule has 144 valence electrons. The summed E-state index contributed by atoms with van der Waals surface area (Å²) in [6.07, 6.45) is 4.28. The van der Waals surface area contributed by atoms with Crippen molar-refractivity contribution in [2.24, 2.45) is 11.1 Å². The predicted molar refractivity (Wildman–Crippen MR) is 107 cm³/mol. The van der Waals surface area contributed by atoms with Crippen LogP contribution in [0, 0.1) is 27.5 Å². The molecule has 0 aromatic heterocycles. The topological polar surface area (TPSA) is 133 Å². The molecule has 0 atom stereocenters. The van der Waals surface area contributed by atoms with Crippen molar-refractivity contribution in [2.75, 3.05) is 26.2 Å². The quantitative estimate of drug-likeness (QED) is 0.347. The number of hydrogen-bond donors (Lipinski definition) is 6. The van der Waals surface area contributed by atoms with E-state index in [4.69, 9.17) is 22.0 Å². The Morgan fingerprint density at radius 1 is 1.30 bits per heavy atom. The molecule has 27 heavy (non-hydrogen) atoms. The Labute approximate surface area is 161 Å². The van der Waals surface area contributed by atoms with E-state index >= 15 is 0 Å². The zero-order valence-corrected chi connectivity index (χ0v) is 15.6. The third kappa shape index (κ3) is 3.84. The Hall–Kier alpha value is -2.39. The number of halogens is 1. The molecule has 0 radical (unpaired) electrons. The molecule has 0 aliphatic carbocycles. The second kappa shape index (κ2) is 7.69. The number of likely N-dealkylation sites (tertiary alicyclic amines) is 1. The highest BCUT2D eigenvalue weighted by atomic mass is 32.2. The highest BCUT2D eigenvalue weighted by Gasteiger charge is 2.44. The summed E-state index contributed by atoms with van der Waals surface area (Å²) < 4.78 is 14.5. The molecule has 7 nitrogen and oxygen atoms in total. The fraction of sp³-hybridized carbons (Fsp3) is 0.389. The van der Waals surface area contributed by atoms with Crippen molar-refractivity contribution in [3.63, 3.8) is 0 Å². The van der Waals surface area contributed by atoms with Gasteiger partial charge in [-0.2, -0.15) is 0 Å². The van der Waals surface area contributed by atoms with E-state index in [-0.39, 0.29) is 32.3 Å². The average Bonchev–Trinajstić information content (AvgIpc) is 2.60. The molecule has 2 saturated heterocycles. The van der Waals surface area contributed by atoms with E-state index in [1.807, 2.05) is 4.90 Å². The van der Waals surface area contributed by atoms with Gasteiger partial charge in [0.25, 0.3) is 0 Å². The molecule has 0 unspecified atom stereocenters. The fourth-order valence-electron chi connectivity index (χ4n) is 3.60. The maximum absolute atomic E-state index is 14.5. The van der Waals surface area contributed by atoms with E-state index < -0.39 is 11.6 Å². The highest BCUT2D eigenvalue weighted by Crippen LogP contribution is 2.40. The van der Waals surface area contributed by atoms with E-state index in [1.165, 1.54) is 6.07 Å². The van der Waals surface area contributed by atoms with Crippen LogP contribution in [0.4, 0.5) is 4.39 Å². The number of allylic oxidation sites excluding steroid dienone is 1. The largest absolute Gasteiger partial charge is 0.507 e. The number of benzene rings is 1. The van der Waals surface area contributed by atoms with Crippen LogP contribution in [0.3, 0.4) is 0 Å². The number of nitrogens with one attached hydrogen (secondary N) is 4. The third-order valence-electron chi connectivity index (χ3n) is 5.17. The number of nitrogens with zero attached hydrogens (tertiary/aromatic N) is 1. The van der Waals surface area contributed by atoms with Crippen molar-refractivity contribution in [3.05, 3.63) is 35.3 Å². The standard InChI is InChI=1S/C18H23FN6OS/c19-13-5-11(12(7-20)8-21)6-14(26)15(13)16(22)27-17(23)25-9-18(10-25)1-3-24-4-2-18/h5-8,20,22-24,26H,1-4,9-10,21H2. The first kappa shape index (κ1) is 19.4. The summed E-state index contributed by atoms with van der Waals surface area (Å²) in [6, 6.07) is 2.40. The molecular formula is C18H23FN6OS. The lowest BCUT2D eigenvalue weighted by molar-refractivity contribution is 0.0293. The summed E-state index contributed by atoms with van der Waals surface area (Å²) >= 11 is 0.831. The first-order chi connectivity index (χ1) is 12.9. The van der Waals surface area contributed by atoms with Gasteiger partial charge in [0.15, 0.2) is 5.17 Å². The monoisotopic (exact) mass is 390 g/mol. The van der Waals surface area contributed by atoms with Gasteiger partial charge in [-0.1, -0.05) is 0 Å². The SMILES string of the molecule is N=CC(=CN)c1cc(O)c(C(=N)SC(=N)N2CC3(CCNCC3)C2)c(F)c1. The molecule has 1 aromatic rings. The van der Waals surface area contributed by atoms with Gasteiger partial charge in [0, 0.05) is 36.5 Å². The van der Waals surface area contributed by atoms with Crippen LogP contribution >= 0.6 is 11.8 Å². The number of thioether (sulfide) groups is 1. The summed E-state index contributed by atoms with van der Waals surface area (Å²) in [5.41, 5.74) is 5.92. The van der Waals surface area contributed by atoms with Gasteiger partial charge in [0.05, 0.1) is 5.56 Å². The van der Waals surface area contributed by atoms with Gasteiger partial charge in [0.1, 0.15) is 16.6 Å². The maximum Gasteiger partial charge on any atom is 0.162 e. The molecule has 7 N–H and O–H groups in total. The van der Waals surface area contributed by atoms with Crippen LogP contribution in [0.2, 0.25) is 0 Å². The molecule has 1 aromatic carbocycles. The number of rotatable bonds is 3. The molecule has 9 heteroatoms. The number of piperidine rings is 1. The summed E-state index contributed by atoms with van der Waals surface area (Å²) in [4.78, 5) is 1.89. The van der Waals surface area contributed by atoms with Crippen LogP contribution in [-0.2, 0) is 0 Å². The Kier molecular flexibility index (Phi) is 5.52. The average molecular weight is 390 g/mol. The highest BCUT2D eigenvalue weighted by molar-refractivity contribution is 8.26. The van der Waals surface area contributed by atoms with Crippen molar-refractivity contribution in [3.8, 4) is 5.75 Å². The molecule has 1 spiro atoms. The smallest absolute Gasteiger partial charge is 0.162 e. The second-order valence-corrected chi connectivity index (χ2v) is 7.96. The fourth-order valence-corrected chi connectivity index (χ4v) is 4.36. The first-order valence-electron chi connectivity index (χ1n) is 8.65. The van der Waals surface area contributed by atoms with E-state index in [9.17, 15) is 9.50 Å². The summed E-state index contributed by atoms with van der Waals surface area (Å²) in [5.74, 6) is -1.19. The number of nitrogens with two attached hydrogens (primary N) is 1.